The molecule has 156 valence electrons. The molecule has 1 amide bonds. The zero-order chi connectivity index (χ0) is 20.8. The first-order valence-corrected chi connectivity index (χ1v) is 11.4. The minimum atomic E-state index is -0.0171. The molecule has 5 atom stereocenters. The highest BCUT2D eigenvalue weighted by molar-refractivity contribution is 5.95. The van der Waals surface area contributed by atoms with Gasteiger partial charge in [-0.05, 0) is 83.9 Å². The Morgan fingerprint density at radius 1 is 1.03 bits per heavy atom. The van der Waals surface area contributed by atoms with Gasteiger partial charge in [0.25, 0.3) is 5.91 Å². The topological polar surface area (TPSA) is 54.0 Å². The molecule has 0 spiro atoms. The molecule has 2 bridgehead atoms. The number of nitrogens with one attached hydrogen (secondary N) is 2. The lowest BCUT2D eigenvalue weighted by Crippen LogP contribution is -2.35. The highest BCUT2D eigenvalue weighted by Crippen LogP contribution is 2.63. The summed E-state index contributed by atoms with van der Waals surface area (Å²) >= 11 is 0. The monoisotopic (exact) mass is 409 g/mol. The molecular weight excluding hydrogens is 382 g/mol. The van der Waals surface area contributed by atoms with E-state index in [9.17, 15) is 4.79 Å². The lowest BCUT2D eigenvalue weighted by atomic mass is 9.68. The lowest BCUT2D eigenvalue weighted by molar-refractivity contribution is 0.0950. The number of rotatable bonds is 4. The maximum atomic E-state index is 12.9. The zero-order valence-corrected chi connectivity index (χ0v) is 17.5. The third-order valence-corrected chi connectivity index (χ3v) is 7.68. The van der Waals surface area contributed by atoms with Crippen LogP contribution in [0.1, 0.15) is 58.3 Å². The van der Waals surface area contributed by atoms with Crippen LogP contribution in [-0.2, 0) is 6.54 Å². The average molecular weight is 410 g/mol. The molecule has 6 rings (SSSR count). The van der Waals surface area contributed by atoms with Crippen molar-refractivity contribution in [1.29, 1.82) is 0 Å². The molecule has 1 aromatic heterocycles. The van der Waals surface area contributed by atoms with E-state index in [1.165, 1.54) is 36.1 Å². The zero-order valence-electron chi connectivity index (χ0n) is 17.5. The van der Waals surface area contributed by atoms with Gasteiger partial charge < -0.3 is 10.6 Å². The fourth-order valence-corrected chi connectivity index (χ4v) is 6.40. The SMILES string of the molecule is O=C(NCc1cccnc1)c1ccc2c(c1)[C@@H]1[C@@H]3CC[C@H](C3)[C@@H]1[C@H](c1ccccc1)N2. The fraction of sp³-hybridized carbons (Fsp3) is 0.333. The highest BCUT2D eigenvalue weighted by Gasteiger charge is 2.53. The van der Waals surface area contributed by atoms with Crippen LogP contribution in [0.5, 0.6) is 0 Å². The Morgan fingerprint density at radius 3 is 2.74 bits per heavy atom. The van der Waals surface area contributed by atoms with E-state index in [1.807, 2.05) is 18.2 Å². The van der Waals surface area contributed by atoms with E-state index in [2.05, 4.69) is 58.1 Å². The maximum Gasteiger partial charge on any atom is 0.251 e. The first-order valence-electron chi connectivity index (χ1n) is 11.4. The maximum absolute atomic E-state index is 12.9. The summed E-state index contributed by atoms with van der Waals surface area (Å²) in [5.74, 6) is 2.67. The van der Waals surface area contributed by atoms with E-state index in [0.29, 0.717) is 24.4 Å². The Morgan fingerprint density at radius 2 is 1.90 bits per heavy atom. The number of aromatic nitrogens is 1. The lowest BCUT2D eigenvalue weighted by Gasteiger charge is -2.43. The second-order valence-electron chi connectivity index (χ2n) is 9.32. The van der Waals surface area contributed by atoms with Crippen LogP contribution in [0.15, 0.2) is 73.1 Å². The Balaban J connectivity index is 1.30. The van der Waals surface area contributed by atoms with Gasteiger partial charge >= 0.3 is 0 Å². The number of amides is 1. The van der Waals surface area contributed by atoms with Gasteiger partial charge in [0.15, 0.2) is 0 Å². The van der Waals surface area contributed by atoms with Crippen LogP contribution in [0.3, 0.4) is 0 Å². The predicted octanol–water partition coefficient (Wildman–Crippen LogP) is 5.31. The van der Waals surface area contributed by atoms with Gasteiger partial charge in [0.2, 0.25) is 0 Å². The number of hydrogen-bond donors (Lipinski definition) is 2. The second kappa shape index (κ2) is 7.52. The number of pyridine rings is 1. The highest BCUT2D eigenvalue weighted by atomic mass is 16.1. The van der Waals surface area contributed by atoms with Crippen molar-refractivity contribution in [3.63, 3.8) is 0 Å². The average Bonchev–Trinajstić information content (AvgIpc) is 3.46. The van der Waals surface area contributed by atoms with Crippen molar-refractivity contribution < 1.29 is 4.79 Å². The van der Waals surface area contributed by atoms with Crippen molar-refractivity contribution in [2.45, 2.75) is 37.8 Å². The van der Waals surface area contributed by atoms with Crippen molar-refractivity contribution in [2.75, 3.05) is 5.32 Å². The molecule has 2 heterocycles. The van der Waals surface area contributed by atoms with Crippen molar-refractivity contribution in [3.8, 4) is 0 Å². The summed E-state index contributed by atoms with van der Waals surface area (Å²) in [4.78, 5) is 17.0. The summed E-state index contributed by atoms with van der Waals surface area (Å²) in [6, 6.07) is 21.4. The van der Waals surface area contributed by atoms with Crippen molar-refractivity contribution in [2.24, 2.45) is 17.8 Å². The van der Waals surface area contributed by atoms with Gasteiger partial charge in [0, 0.05) is 30.2 Å². The summed E-state index contributed by atoms with van der Waals surface area (Å²) in [5.41, 5.74) is 5.69. The van der Waals surface area contributed by atoms with Gasteiger partial charge in [-0.2, -0.15) is 0 Å². The molecule has 2 aliphatic carbocycles. The number of hydrogen-bond acceptors (Lipinski definition) is 3. The molecule has 3 aromatic rings. The molecule has 3 aliphatic rings. The Hall–Kier alpha value is -3.14. The number of benzene rings is 2. The van der Waals surface area contributed by atoms with Crippen LogP contribution in [0, 0.1) is 17.8 Å². The van der Waals surface area contributed by atoms with Crippen molar-refractivity contribution in [1.82, 2.24) is 10.3 Å². The summed E-state index contributed by atoms with van der Waals surface area (Å²) in [5, 5.41) is 6.90. The van der Waals surface area contributed by atoms with Gasteiger partial charge in [0.05, 0.1) is 6.04 Å². The molecule has 31 heavy (non-hydrogen) atoms. The van der Waals surface area contributed by atoms with E-state index >= 15 is 0 Å². The third-order valence-electron chi connectivity index (χ3n) is 7.68. The molecule has 4 heteroatoms. The molecular formula is C27H27N3O. The fourth-order valence-electron chi connectivity index (χ4n) is 6.40. The predicted molar refractivity (Wildman–Crippen MR) is 122 cm³/mol. The number of carbonyl (C=O) groups excluding carboxylic acids is 1. The Labute approximate surface area is 183 Å². The second-order valence-corrected chi connectivity index (χ2v) is 9.32. The van der Waals surface area contributed by atoms with Gasteiger partial charge in [0.1, 0.15) is 0 Å². The van der Waals surface area contributed by atoms with E-state index in [-0.39, 0.29) is 5.91 Å². The largest absolute Gasteiger partial charge is 0.378 e. The van der Waals surface area contributed by atoms with Crippen LogP contribution >= 0.6 is 0 Å². The molecule has 2 aromatic carbocycles. The molecule has 0 radical (unpaired) electrons. The summed E-state index contributed by atoms with van der Waals surface area (Å²) in [7, 11) is 0. The van der Waals surface area contributed by atoms with Crippen LogP contribution in [0.2, 0.25) is 0 Å². The standard InChI is InChI=1S/C27H27N3O/c31-27(29-16-17-5-4-12-28-15-17)21-10-11-23-22(14-21)24-19-8-9-20(13-19)25(24)26(30-23)18-6-2-1-3-7-18/h1-7,10-12,14-15,19-20,24-26,30H,8-9,13,16H2,(H,29,31)/t19-,20-,24+,25+,26+/m1/s1. The Bertz CT molecular complexity index is 1100. The molecule has 2 saturated carbocycles. The molecule has 2 N–H and O–H groups in total. The number of anilines is 1. The van der Waals surface area contributed by atoms with Crippen LogP contribution in [0.4, 0.5) is 5.69 Å². The summed E-state index contributed by atoms with van der Waals surface area (Å²) < 4.78 is 0. The smallest absolute Gasteiger partial charge is 0.251 e. The van der Waals surface area contributed by atoms with Crippen LogP contribution in [0.25, 0.3) is 0 Å². The van der Waals surface area contributed by atoms with Crippen LogP contribution < -0.4 is 10.6 Å². The minimum absolute atomic E-state index is 0.0171. The first-order chi connectivity index (χ1) is 15.3. The molecule has 2 fully saturated rings. The number of fused-ring (bicyclic) bond motifs is 7. The molecule has 0 saturated heterocycles. The molecule has 4 nitrogen and oxygen atoms in total. The number of carbonyl (C=O) groups is 1. The minimum Gasteiger partial charge on any atom is -0.378 e. The normalized spacial score (nSPS) is 27.8. The van der Waals surface area contributed by atoms with E-state index < -0.39 is 0 Å². The van der Waals surface area contributed by atoms with Crippen LogP contribution in [-0.4, -0.2) is 10.9 Å². The van der Waals surface area contributed by atoms with E-state index in [4.69, 9.17) is 0 Å². The van der Waals surface area contributed by atoms with Gasteiger partial charge in [-0.1, -0.05) is 36.4 Å². The van der Waals surface area contributed by atoms with Gasteiger partial charge in [-0.25, -0.2) is 0 Å². The molecule has 1 aliphatic heterocycles. The molecule has 0 unspecified atom stereocenters. The summed E-state index contributed by atoms with van der Waals surface area (Å²) in [6.07, 6.45) is 7.54. The van der Waals surface area contributed by atoms with Crippen molar-refractivity contribution in [3.05, 3.63) is 95.3 Å². The Kier molecular flexibility index (Phi) is 4.52. The third kappa shape index (κ3) is 3.21. The van der Waals surface area contributed by atoms with E-state index in [1.54, 1.807) is 12.4 Å². The number of nitrogens with zero attached hydrogens (tertiary/aromatic N) is 1. The first kappa shape index (κ1) is 18.6. The van der Waals surface area contributed by atoms with Gasteiger partial charge in [-0.3, -0.25) is 9.78 Å². The quantitative estimate of drug-likeness (QED) is 0.614. The van der Waals surface area contributed by atoms with Crippen molar-refractivity contribution >= 4 is 11.6 Å². The van der Waals surface area contributed by atoms with E-state index in [0.717, 1.165) is 23.0 Å². The van der Waals surface area contributed by atoms with Gasteiger partial charge in [-0.15, -0.1) is 0 Å². The summed E-state index contributed by atoms with van der Waals surface area (Å²) in [6.45, 7) is 0.495.